The van der Waals surface area contributed by atoms with Crippen molar-refractivity contribution in [3.63, 3.8) is 0 Å². The smallest absolute Gasteiger partial charge is 0.0410 e. The first-order chi connectivity index (χ1) is 9.10. The highest BCUT2D eigenvalue weighted by molar-refractivity contribution is 6.30. The van der Waals surface area contributed by atoms with Gasteiger partial charge in [0.25, 0.3) is 0 Å². The van der Waals surface area contributed by atoms with Crippen LogP contribution in [0.3, 0.4) is 0 Å². The number of anilines is 1. The highest BCUT2D eigenvalue weighted by atomic mass is 35.5. The van der Waals surface area contributed by atoms with Crippen LogP contribution < -0.4 is 5.73 Å². The minimum Gasteiger partial charge on any atom is -0.398 e. The van der Waals surface area contributed by atoms with Crippen molar-refractivity contribution in [2.75, 3.05) is 31.9 Å². The number of rotatable bonds is 4. The lowest BCUT2D eigenvalue weighted by Gasteiger charge is -2.38. The SMILES string of the molecule is CCC(C)N1CCN(Cc2cc(Cl)ccc2N)CC1. The molecular formula is C15H24ClN3. The van der Waals surface area contributed by atoms with Gasteiger partial charge in [-0.15, -0.1) is 0 Å². The van der Waals surface area contributed by atoms with E-state index in [0.717, 1.165) is 49.0 Å². The zero-order valence-electron chi connectivity index (χ0n) is 11.9. The van der Waals surface area contributed by atoms with E-state index < -0.39 is 0 Å². The third-order valence-corrected chi connectivity index (χ3v) is 4.36. The van der Waals surface area contributed by atoms with Crippen LogP contribution in [0.5, 0.6) is 0 Å². The summed E-state index contributed by atoms with van der Waals surface area (Å²) in [4.78, 5) is 5.03. The Kier molecular flexibility index (Phi) is 5.08. The highest BCUT2D eigenvalue weighted by Gasteiger charge is 2.20. The molecule has 0 saturated carbocycles. The lowest BCUT2D eigenvalue weighted by molar-refractivity contribution is 0.0965. The first-order valence-electron chi connectivity index (χ1n) is 7.10. The molecule has 1 atom stereocenters. The standard InChI is InChI=1S/C15H24ClN3/c1-3-12(2)19-8-6-18(7-9-19)11-13-10-14(16)4-5-15(13)17/h4-5,10,12H,3,6-9,11,17H2,1-2H3. The Balaban J connectivity index is 1.90. The van der Waals surface area contributed by atoms with Crippen molar-refractivity contribution in [2.24, 2.45) is 0 Å². The molecule has 4 heteroatoms. The van der Waals surface area contributed by atoms with Gasteiger partial charge in [0.05, 0.1) is 0 Å². The number of piperazine rings is 1. The Morgan fingerprint density at radius 3 is 2.58 bits per heavy atom. The lowest BCUT2D eigenvalue weighted by Crippen LogP contribution is -2.49. The van der Waals surface area contributed by atoms with E-state index in [1.54, 1.807) is 0 Å². The van der Waals surface area contributed by atoms with Gasteiger partial charge in [-0.1, -0.05) is 18.5 Å². The zero-order valence-corrected chi connectivity index (χ0v) is 12.7. The highest BCUT2D eigenvalue weighted by Crippen LogP contribution is 2.20. The normalized spacial score (nSPS) is 19.5. The molecule has 1 unspecified atom stereocenters. The van der Waals surface area contributed by atoms with Gasteiger partial charge in [-0.3, -0.25) is 9.80 Å². The summed E-state index contributed by atoms with van der Waals surface area (Å²) in [5.41, 5.74) is 7.99. The Hall–Kier alpha value is -0.770. The summed E-state index contributed by atoms with van der Waals surface area (Å²) in [5.74, 6) is 0. The topological polar surface area (TPSA) is 32.5 Å². The van der Waals surface area contributed by atoms with Gasteiger partial charge in [-0.05, 0) is 37.1 Å². The van der Waals surface area contributed by atoms with Crippen molar-refractivity contribution in [2.45, 2.75) is 32.9 Å². The minimum atomic E-state index is 0.693. The molecule has 1 aliphatic rings. The van der Waals surface area contributed by atoms with Gasteiger partial charge in [-0.25, -0.2) is 0 Å². The summed E-state index contributed by atoms with van der Waals surface area (Å²) in [6, 6.07) is 6.42. The molecule has 0 bridgehead atoms. The second-order valence-electron chi connectivity index (χ2n) is 5.41. The van der Waals surface area contributed by atoms with Crippen LogP contribution in [0.2, 0.25) is 5.02 Å². The maximum atomic E-state index is 6.04. The van der Waals surface area contributed by atoms with E-state index >= 15 is 0 Å². The fraction of sp³-hybridized carbons (Fsp3) is 0.600. The average molecular weight is 282 g/mol. The molecule has 2 N–H and O–H groups in total. The van der Waals surface area contributed by atoms with E-state index in [-0.39, 0.29) is 0 Å². The molecule has 1 heterocycles. The van der Waals surface area contributed by atoms with E-state index in [2.05, 4.69) is 23.6 Å². The number of nitrogens with zero attached hydrogens (tertiary/aromatic N) is 2. The third-order valence-electron chi connectivity index (χ3n) is 4.12. The summed E-state index contributed by atoms with van der Waals surface area (Å²) in [5, 5.41) is 0.766. The van der Waals surface area contributed by atoms with Crippen molar-refractivity contribution < 1.29 is 0 Å². The Labute approximate surface area is 121 Å². The van der Waals surface area contributed by atoms with Crippen molar-refractivity contribution in [1.82, 2.24) is 9.80 Å². The van der Waals surface area contributed by atoms with Gasteiger partial charge in [-0.2, -0.15) is 0 Å². The molecule has 106 valence electrons. The fourth-order valence-corrected chi connectivity index (χ4v) is 2.77. The van der Waals surface area contributed by atoms with E-state index in [1.807, 2.05) is 18.2 Å². The van der Waals surface area contributed by atoms with Crippen LogP contribution in [0.25, 0.3) is 0 Å². The lowest BCUT2D eigenvalue weighted by atomic mass is 10.1. The summed E-state index contributed by atoms with van der Waals surface area (Å²) < 4.78 is 0. The molecule has 0 radical (unpaired) electrons. The van der Waals surface area contributed by atoms with Crippen LogP contribution in [-0.4, -0.2) is 42.0 Å². The average Bonchev–Trinajstić information content (AvgIpc) is 2.43. The quantitative estimate of drug-likeness (QED) is 0.862. The summed E-state index contributed by atoms with van der Waals surface area (Å²) in [7, 11) is 0. The number of hydrogen-bond acceptors (Lipinski definition) is 3. The molecule has 0 aromatic heterocycles. The van der Waals surface area contributed by atoms with Gasteiger partial charge in [0.1, 0.15) is 0 Å². The number of hydrogen-bond donors (Lipinski definition) is 1. The number of benzene rings is 1. The fourth-order valence-electron chi connectivity index (χ4n) is 2.57. The molecule has 1 fully saturated rings. The molecule has 1 aromatic carbocycles. The summed E-state index contributed by atoms with van der Waals surface area (Å²) >= 11 is 6.04. The predicted octanol–water partition coefficient (Wildman–Crippen LogP) is 2.84. The molecule has 2 rings (SSSR count). The van der Waals surface area contributed by atoms with Crippen LogP contribution in [0.15, 0.2) is 18.2 Å². The molecule has 3 nitrogen and oxygen atoms in total. The molecule has 0 amide bonds. The number of nitrogen functional groups attached to an aromatic ring is 1. The second kappa shape index (κ2) is 6.60. The van der Waals surface area contributed by atoms with Crippen LogP contribution in [-0.2, 0) is 6.54 Å². The molecule has 0 spiro atoms. The first-order valence-corrected chi connectivity index (χ1v) is 7.48. The van der Waals surface area contributed by atoms with Gasteiger partial charge in [0.15, 0.2) is 0 Å². The molecule has 1 aromatic rings. The van der Waals surface area contributed by atoms with Crippen LogP contribution >= 0.6 is 11.6 Å². The van der Waals surface area contributed by atoms with E-state index in [9.17, 15) is 0 Å². The van der Waals surface area contributed by atoms with E-state index in [4.69, 9.17) is 17.3 Å². The van der Waals surface area contributed by atoms with Gasteiger partial charge in [0.2, 0.25) is 0 Å². The van der Waals surface area contributed by atoms with Gasteiger partial charge in [0, 0.05) is 49.5 Å². The monoisotopic (exact) mass is 281 g/mol. The number of nitrogens with two attached hydrogens (primary N) is 1. The largest absolute Gasteiger partial charge is 0.398 e. The van der Waals surface area contributed by atoms with Crippen molar-refractivity contribution in [3.8, 4) is 0 Å². The first kappa shape index (κ1) is 14.6. The zero-order chi connectivity index (χ0) is 13.8. The maximum Gasteiger partial charge on any atom is 0.0410 e. The van der Waals surface area contributed by atoms with Crippen molar-refractivity contribution in [1.29, 1.82) is 0 Å². The molecule has 1 saturated heterocycles. The summed E-state index contributed by atoms with van der Waals surface area (Å²) in [6.07, 6.45) is 1.22. The van der Waals surface area contributed by atoms with Crippen molar-refractivity contribution in [3.05, 3.63) is 28.8 Å². The van der Waals surface area contributed by atoms with Gasteiger partial charge >= 0.3 is 0 Å². The maximum absolute atomic E-state index is 6.04. The Bertz CT molecular complexity index is 414. The minimum absolute atomic E-state index is 0.693. The molecule has 1 aliphatic heterocycles. The molecular weight excluding hydrogens is 258 g/mol. The van der Waals surface area contributed by atoms with Crippen LogP contribution in [0, 0.1) is 0 Å². The van der Waals surface area contributed by atoms with Crippen LogP contribution in [0.1, 0.15) is 25.8 Å². The van der Waals surface area contributed by atoms with Crippen LogP contribution in [0.4, 0.5) is 5.69 Å². The third kappa shape index (κ3) is 3.85. The number of halogens is 1. The Morgan fingerprint density at radius 1 is 1.26 bits per heavy atom. The van der Waals surface area contributed by atoms with Crippen molar-refractivity contribution >= 4 is 17.3 Å². The summed E-state index contributed by atoms with van der Waals surface area (Å²) in [6.45, 7) is 9.98. The van der Waals surface area contributed by atoms with E-state index in [1.165, 1.54) is 6.42 Å². The molecule has 19 heavy (non-hydrogen) atoms. The second-order valence-corrected chi connectivity index (χ2v) is 5.85. The van der Waals surface area contributed by atoms with E-state index in [0.29, 0.717) is 6.04 Å². The Morgan fingerprint density at radius 2 is 1.95 bits per heavy atom. The van der Waals surface area contributed by atoms with Gasteiger partial charge < -0.3 is 5.73 Å². The molecule has 0 aliphatic carbocycles. The predicted molar refractivity (Wildman–Crippen MR) is 82.5 cm³/mol.